The lowest BCUT2D eigenvalue weighted by molar-refractivity contribution is -0.152. The van der Waals surface area contributed by atoms with Gasteiger partial charge in [0.2, 0.25) is 0 Å². The van der Waals surface area contributed by atoms with Crippen molar-refractivity contribution >= 4 is 21.9 Å². The monoisotopic (exact) mass is 303 g/mol. The highest BCUT2D eigenvalue weighted by atomic mass is 79.9. The maximum absolute atomic E-state index is 13.4. The standard InChI is InChI=1S/C12H15BrFNO2/c1-12(2,11(16)17-3)10(15)7-5-4-6-8(14)9(7)13/h4-6,10H,15H2,1-3H3/t10-/m0/s1. The summed E-state index contributed by atoms with van der Waals surface area (Å²) in [7, 11) is 1.30. The summed E-state index contributed by atoms with van der Waals surface area (Å²) in [5.74, 6) is -0.834. The molecule has 1 atom stereocenters. The number of hydrogen-bond acceptors (Lipinski definition) is 3. The lowest BCUT2D eigenvalue weighted by Gasteiger charge is -2.29. The Bertz CT molecular complexity index is 435. The lowest BCUT2D eigenvalue weighted by atomic mass is 9.81. The fourth-order valence-electron chi connectivity index (χ4n) is 1.54. The molecule has 0 fully saturated rings. The van der Waals surface area contributed by atoms with Gasteiger partial charge < -0.3 is 10.5 Å². The molecule has 1 rings (SSSR count). The van der Waals surface area contributed by atoms with Gasteiger partial charge in [-0.15, -0.1) is 0 Å². The number of hydrogen-bond donors (Lipinski definition) is 1. The summed E-state index contributed by atoms with van der Waals surface area (Å²) in [6.45, 7) is 3.34. The smallest absolute Gasteiger partial charge is 0.313 e. The maximum atomic E-state index is 13.4. The normalized spacial score (nSPS) is 13.3. The minimum atomic E-state index is -0.926. The number of ether oxygens (including phenoxy) is 1. The van der Waals surface area contributed by atoms with Crippen molar-refractivity contribution in [2.75, 3.05) is 7.11 Å². The summed E-state index contributed by atoms with van der Waals surface area (Å²) in [4.78, 5) is 11.6. The molecule has 3 nitrogen and oxygen atoms in total. The van der Waals surface area contributed by atoms with Crippen LogP contribution < -0.4 is 5.73 Å². The van der Waals surface area contributed by atoms with E-state index in [9.17, 15) is 9.18 Å². The average molecular weight is 304 g/mol. The summed E-state index contributed by atoms with van der Waals surface area (Å²) >= 11 is 3.14. The SMILES string of the molecule is COC(=O)C(C)(C)[C@@H](N)c1cccc(F)c1Br. The second-order valence-electron chi connectivity index (χ2n) is 4.33. The number of carbonyl (C=O) groups is 1. The van der Waals surface area contributed by atoms with Crippen LogP contribution in [0.1, 0.15) is 25.5 Å². The molecule has 94 valence electrons. The van der Waals surface area contributed by atoms with Crippen LogP contribution in [0.4, 0.5) is 4.39 Å². The molecule has 0 unspecified atom stereocenters. The average Bonchev–Trinajstić information content (AvgIpc) is 2.30. The van der Waals surface area contributed by atoms with Crippen molar-refractivity contribution in [1.29, 1.82) is 0 Å². The highest BCUT2D eigenvalue weighted by molar-refractivity contribution is 9.10. The van der Waals surface area contributed by atoms with Crippen LogP contribution in [-0.4, -0.2) is 13.1 Å². The Morgan fingerprint density at radius 1 is 1.53 bits per heavy atom. The Morgan fingerprint density at radius 2 is 2.12 bits per heavy atom. The van der Waals surface area contributed by atoms with Crippen LogP contribution >= 0.6 is 15.9 Å². The van der Waals surface area contributed by atoms with E-state index in [1.54, 1.807) is 26.0 Å². The first-order chi connectivity index (χ1) is 7.82. The molecule has 0 aliphatic heterocycles. The Kier molecular flexibility index (Phi) is 4.27. The van der Waals surface area contributed by atoms with Gasteiger partial charge in [-0.3, -0.25) is 4.79 Å². The van der Waals surface area contributed by atoms with Gasteiger partial charge in [0, 0.05) is 6.04 Å². The molecule has 0 aliphatic rings. The molecule has 0 saturated heterocycles. The Balaban J connectivity index is 3.16. The predicted molar refractivity (Wildman–Crippen MR) is 66.8 cm³/mol. The van der Waals surface area contributed by atoms with Crippen molar-refractivity contribution in [2.45, 2.75) is 19.9 Å². The van der Waals surface area contributed by atoms with E-state index < -0.39 is 23.2 Å². The molecule has 17 heavy (non-hydrogen) atoms. The number of halogens is 2. The van der Waals surface area contributed by atoms with Crippen molar-refractivity contribution in [1.82, 2.24) is 0 Å². The maximum Gasteiger partial charge on any atom is 0.313 e. The second kappa shape index (κ2) is 5.14. The van der Waals surface area contributed by atoms with Crippen LogP contribution in [0, 0.1) is 11.2 Å². The molecule has 0 aliphatic carbocycles. The van der Waals surface area contributed by atoms with Gasteiger partial charge in [0.25, 0.3) is 0 Å². The second-order valence-corrected chi connectivity index (χ2v) is 5.13. The fraction of sp³-hybridized carbons (Fsp3) is 0.417. The molecule has 0 radical (unpaired) electrons. The van der Waals surface area contributed by atoms with Gasteiger partial charge >= 0.3 is 5.97 Å². The minimum Gasteiger partial charge on any atom is -0.469 e. The van der Waals surface area contributed by atoms with Crippen LogP contribution in [0.3, 0.4) is 0 Å². The van der Waals surface area contributed by atoms with Gasteiger partial charge in [-0.05, 0) is 41.4 Å². The zero-order valence-corrected chi connectivity index (χ0v) is 11.5. The van der Waals surface area contributed by atoms with Crippen LogP contribution in [-0.2, 0) is 9.53 Å². The van der Waals surface area contributed by atoms with Crippen LogP contribution in [0.2, 0.25) is 0 Å². The van der Waals surface area contributed by atoms with E-state index in [1.807, 2.05) is 0 Å². The van der Waals surface area contributed by atoms with E-state index in [4.69, 9.17) is 10.5 Å². The third-order valence-corrected chi connectivity index (χ3v) is 3.64. The summed E-state index contributed by atoms with van der Waals surface area (Å²) in [6.07, 6.45) is 0. The highest BCUT2D eigenvalue weighted by Gasteiger charge is 2.37. The molecule has 1 aromatic carbocycles. The first-order valence-corrected chi connectivity index (χ1v) is 5.89. The minimum absolute atomic E-state index is 0.282. The molecule has 1 aromatic rings. The Hall–Kier alpha value is -0.940. The summed E-state index contributed by atoms with van der Waals surface area (Å²) in [5.41, 5.74) is 5.64. The van der Waals surface area contributed by atoms with E-state index in [0.717, 1.165) is 0 Å². The van der Waals surface area contributed by atoms with E-state index >= 15 is 0 Å². The van der Waals surface area contributed by atoms with Crippen LogP contribution in [0.25, 0.3) is 0 Å². The third kappa shape index (κ3) is 2.66. The molecule has 0 bridgehead atoms. The Morgan fingerprint density at radius 3 is 2.65 bits per heavy atom. The molecule has 0 heterocycles. The topological polar surface area (TPSA) is 52.3 Å². The van der Waals surface area contributed by atoms with Gasteiger partial charge in [-0.2, -0.15) is 0 Å². The van der Waals surface area contributed by atoms with Crippen LogP contribution in [0.15, 0.2) is 22.7 Å². The van der Waals surface area contributed by atoms with Gasteiger partial charge in [-0.25, -0.2) is 4.39 Å². The fourth-order valence-corrected chi connectivity index (χ4v) is 2.05. The van der Waals surface area contributed by atoms with Crippen molar-refractivity contribution in [3.63, 3.8) is 0 Å². The Labute approximate surface area is 108 Å². The zero-order chi connectivity index (χ0) is 13.2. The molecule has 0 amide bonds. The number of methoxy groups -OCH3 is 1. The summed E-state index contributed by atoms with van der Waals surface area (Å²) in [5, 5.41) is 0. The summed E-state index contributed by atoms with van der Waals surface area (Å²) in [6, 6.07) is 3.91. The van der Waals surface area contributed by atoms with Crippen molar-refractivity contribution in [2.24, 2.45) is 11.1 Å². The van der Waals surface area contributed by atoms with Gasteiger partial charge in [-0.1, -0.05) is 12.1 Å². The number of esters is 1. The first-order valence-electron chi connectivity index (χ1n) is 5.10. The van der Waals surface area contributed by atoms with Gasteiger partial charge in [0.05, 0.1) is 17.0 Å². The summed E-state index contributed by atoms with van der Waals surface area (Å²) < 4.78 is 18.4. The quantitative estimate of drug-likeness (QED) is 0.874. The number of nitrogens with two attached hydrogens (primary N) is 1. The molecule has 0 aromatic heterocycles. The third-order valence-electron chi connectivity index (χ3n) is 2.81. The molecular formula is C12H15BrFNO2. The van der Waals surface area contributed by atoms with Gasteiger partial charge in [0.15, 0.2) is 0 Å². The van der Waals surface area contributed by atoms with Gasteiger partial charge in [0.1, 0.15) is 5.82 Å². The number of benzene rings is 1. The first kappa shape index (κ1) is 14.1. The van der Waals surface area contributed by atoms with E-state index in [0.29, 0.717) is 5.56 Å². The van der Waals surface area contributed by atoms with Crippen LogP contribution in [0.5, 0.6) is 0 Å². The van der Waals surface area contributed by atoms with Crippen molar-refractivity contribution in [3.8, 4) is 0 Å². The number of rotatable bonds is 3. The van der Waals surface area contributed by atoms with E-state index in [-0.39, 0.29) is 4.47 Å². The van der Waals surface area contributed by atoms with Crippen molar-refractivity contribution < 1.29 is 13.9 Å². The number of carbonyl (C=O) groups excluding carboxylic acids is 1. The highest BCUT2D eigenvalue weighted by Crippen LogP contribution is 2.36. The predicted octanol–water partition coefficient (Wildman–Crippen LogP) is 2.79. The zero-order valence-electron chi connectivity index (χ0n) is 9.96. The van der Waals surface area contributed by atoms with Crippen molar-refractivity contribution in [3.05, 3.63) is 34.1 Å². The largest absolute Gasteiger partial charge is 0.469 e. The molecule has 0 spiro atoms. The molecule has 0 saturated carbocycles. The molecule has 2 N–H and O–H groups in total. The van der Waals surface area contributed by atoms with E-state index in [2.05, 4.69) is 15.9 Å². The molecular weight excluding hydrogens is 289 g/mol. The lowest BCUT2D eigenvalue weighted by Crippen LogP contribution is -2.37. The molecule has 5 heteroatoms. The van der Waals surface area contributed by atoms with E-state index in [1.165, 1.54) is 13.2 Å².